The Bertz CT molecular complexity index is 346. The first-order chi connectivity index (χ1) is 8.19. The first-order valence-electron chi connectivity index (χ1n) is 6.32. The number of halogens is 1. The third-order valence-electron chi connectivity index (χ3n) is 3.35. The van der Waals surface area contributed by atoms with E-state index in [-0.39, 0.29) is 11.9 Å². The molecule has 2 nitrogen and oxygen atoms in total. The third-order valence-corrected chi connectivity index (χ3v) is 3.35. The number of ether oxygens (including phenoxy) is 1. The van der Waals surface area contributed by atoms with Crippen molar-refractivity contribution in [3.63, 3.8) is 0 Å². The molecule has 1 N–H and O–H groups in total. The number of benzene rings is 1. The van der Waals surface area contributed by atoms with E-state index in [1.165, 1.54) is 12.1 Å². The zero-order valence-corrected chi connectivity index (χ0v) is 10.4. The molecule has 0 spiro atoms. The van der Waals surface area contributed by atoms with Gasteiger partial charge in [-0.3, -0.25) is 0 Å². The standard InChI is InChI=1S/C14H20FNO/c1-3-17-14-8-13(9-14)16-10(2)11-4-6-12(15)7-5-11/h4-7,10,13-14,16H,3,8-9H2,1-2H3. The molecule has 2 rings (SSSR count). The Balaban J connectivity index is 1.78. The summed E-state index contributed by atoms with van der Waals surface area (Å²) < 4.78 is 18.3. The van der Waals surface area contributed by atoms with Crippen LogP contribution in [-0.2, 0) is 4.74 Å². The lowest BCUT2D eigenvalue weighted by Crippen LogP contribution is -2.46. The summed E-state index contributed by atoms with van der Waals surface area (Å²) in [7, 11) is 0. The topological polar surface area (TPSA) is 21.3 Å². The van der Waals surface area contributed by atoms with Crippen LogP contribution in [0.4, 0.5) is 4.39 Å². The molecule has 1 aliphatic carbocycles. The van der Waals surface area contributed by atoms with E-state index in [9.17, 15) is 4.39 Å². The smallest absolute Gasteiger partial charge is 0.123 e. The molecule has 0 amide bonds. The lowest BCUT2D eigenvalue weighted by atomic mass is 9.88. The predicted octanol–water partition coefficient (Wildman–Crippen LogP) is 3.04. The number of nitrogens with one attached hydrogen (secondary N) is 1. The van der Waals surface area contributed by atoms with Crippen LogP contribution in [0.25, 0.3) is 0 Å². The van der Waals surface area contributed by atoms with Gasteiger partial charge >= 0.3 is 0 Å². The lowest BCUT2D eigenvalue weighted by Gasteiger charge is -2.37. The van der Waals surface area contributed by atoms with Crippen molar-refractivity contribution in [3.8, 4) is 0 Å². The minimum atomic E-state index is -0.180. The van der Waals surface area contributed by atoms with Gasteiger partial charge in [-0.05, 0) is 44.4 Å². The van der Waals surface area contributed by atoms with E-state index in [2.05, 4.69) is 12.2 Å². The van der Waals surface area contributed by atoms with Gasteiger partial charge in [-0.1, -0.05) is 12.1 Å². The van der Waals surface area contributed by atoms with Crippen molar-refractivity contribution in [1.82, 2.24) is 5.32 Å². The molecule has 1 atom stereocenters. The van der Waals surface area contributed by atoms with Crippen molar-refractivity contribution >= 4 is 0 Å². The van der Waals surface area contributed by atoms with E-state index in [0.29, 0.717) is 12.1 Å². The molecule has 1 aromatic carbocycles. The summed E-state index contributed by atoms with van der Waals surface area (Å²) in [5.41, 5.74) is 1.13. The van der Waals surface area contributed by atoms with Crippen molar-refractivity contribution in [3.05, 3.63) is 35.6 Å². The Labute approximate surface area is 102 Å². The van der Waals surface area contributed by atoms with Gasteiger partial charge in [-0.2, -0.15) is 0 Å². The number of rotatable bonds is 5. The minimum absolute atomic E-state index is 0.180. The maximum absolute atomic E-state index is 12.8. The van der Waals surface area contributed by atoms with E-state index in [0.717, 1.165) is 25.0 Å². The molecular formula is C14H20FNO. The first-order valence-corrected chi connectivity index (χ1v) is 6.32. The maximum atomic E-state index is 12.8. The first kappa shape index (κ1) is 12.5. The fourth-order valence-electron chi connectivity index (χ4n) is 2.27. The van der Waals surface area contributed by atoms with Gasteiger partial charge in [0.15, 0.2) is 0 Å². The molecule has 0 radical (unpaired) electrons. The van der Waals surface area contributed by atoms with Gasteiger partial charge in [0.2, 0.25) is 0 Å². The average Bonchev–Trinajstić information content (AvgIpc) is 2.27. The second-order valence-electron chi connectivity index (χ2n) is 4.69. The van der Waals surface area contributed by atoms with Crippen LogP contribution in [0.3, 0.4) is 0 Å². The Morgan fingerprint density at radius 3 is 2.59 bits per heavy atom. The zero-order valence-electron chi connectivity index (χ0n) is 10.4. The van der Waals surface area contributed by atoms with Crippen molar-refractivity contribution in [1.29, 1.82) is 0 Å². The van der Waals surface area contributed by atoms with Crippen molar-refractivity contribution < 1.29 is 9.13 Å². The van der Waals surface area contributed by atoms with E-state index in [4.69, 9.17) is 4.74 Å². The Morgan fingerprint density at radius 2 is 2.00 bits per heavy atom. The highest BCUT2D eigenvalue weighted by atomic mass is 19.1. The summed E-state index contributed by atoms with van der Waals surface area (Å²) in [6.45, 7) is 4.94. The van der Waals surface area contributed by atoms with E-state index >= 15 is 0 Å². The molecule has 0 bridgehead atoms. The number of hydrogen-bond donors (Lipinski definition) is 1. The third kappa shape index (κ3) is 3.27. The van der Waals surface area contributed by atoms with Crippen molar-refractivity contribution in [2.24, 2.45) is 0 Å². The van der Waals surface area contributed by atoms with Crippen LogP contribution in [0, 0.1) is 5.82 Å². The van der Waals surface area contributed by atoms with Crippen LogP contribution in [0.15, 0.2) is 24.3 Å². The Hall–Kier alpha value is -0.930. The van der Waals surface area contributed by atoms with Crippen LogP contribution in [0.2, 0.25) is 0 Å². The summed E-state index contributed by atoms with van der Waals surface area (Å²) >= 11 is 0. The van der Waals surface area contributed by atoms with Crippen LogP contribution in [0.1, 0.15) is 38.3 Å². The van der Waals surface area contributed by atoms with E-state index in [1.807, 2.05) is 19.1 Å². The quantitative estimate of drug-likeness (QED) is 0.850. The summed E-state index contributed by atoms with van der Waals surface area (Å²) in [5.74, 6) is -0.180. The molecule has 3 heteroatoms. The second kappa shape index (κ2) is 5.61. The van der Waals surface area contributed by atoms with E-state index < -0.39 is 0 Å². The molecule has 17 heavy (non-hydrogen) atoms. The van der Waals surface area contributed by atoms with Gasteiger partial charge in [-0.15, -0.1) is 0 Å². The molecule has 1 aromatic rings. The minimum Gasteiger partial charge on any atom is -0.378 e. The van der Waals surface area contributed by atoms with Crippen LogP contribution in [0.5, 0.6) is 0 Å². The lowest BCUT2D eigenvalue weighted by molar-refractivity contribution is -0.0120. The van der Waals surface area contributed by atoms with Crippen molar-refractivity contribution in [2.75, 3.05) is 6.61 Å². The molecule has 0 aliphatic heterocycles. The van der Waals surface area contributed by atoms with E-state index in [1.54, 1.807) is 0 Å². The van der Waals surface area contributed by atoms with Gasteiger partial charge in [0.25, 0.3) is 0 Å². The maximum Gasteiger partial charge on any atom is 0.123 e. The van der Waals surface area contributed by atoms with Crippen molar-refractivity contribution in [2.45, 2.75) is 44.9 Å². The molecule has 1 fully saturated rings. The van der Waals surface area contributed by atoms with Gasteiger partial charge in [0.1, 0.15) is 5.82 Å². The highest BCUT2D eigenvalue weighted by Crippen LogP contribution is 2.26. The number of hydrogen-bond acceptors (Lipinski definition) is 2. The second-order valence-corrected chi connectivity index (χ2v) is 4.69. The fourth-order valence-corrected chi connectivity index (χ4v) is 2.27. The fraction of sp³-hybridized carbons (Fsp3) is 0.571. The van der Waals surface area contributed by atoms with Crippen LogP contribution in [-0.4, -0.2) is 18.8 Å². The molecular weight excluding hydrogens is 217 g/mol. The highest BCUT2D eigenvalue weighted by Gasteiger charge is 2.30. The highest BCUT2D eigenvalue weighted by molar-refractivity contribution is 5.19. The molecule has 0 aromatic heterocycles. The summed E-state index contributed by atoms with van der Waals surface area (Å²) in [6, 6.07) is 7.50. The monoisotopic (exact) mass is 237 g/mol. The average molecular weight is 237 g/mol. The molecule has 1 saturated carbocycles. The summed E-state index contributed by atoms with van der Waals surface area (Å²) in [5, 5.41) is 3.54. The largest absolute Gasteiger partial charge is 0.378 e. The van der Waals surface area contributed by atoms with Gasteiger partial charge in [0, 0.05) is 18.7 Å². The molecule has 1 unspecified atom stereocenters. The van der Waals surface area contributed by atoms with Gasteiger partial charge in [-0.25, -0.2) is 4.39 Å². The van der Waals surface area contributed by atoms with Crippen LogP contribution < -0.4 is 5.32 Å². The predicted molar refractivity (Wildman–Crippen MR) is 66.4 cm³/mol. The summed E-state index contributed by atoms with van der Waals surface area (Å²) in [6.07, 6.45) is 2.59. The van der Waals surface area contributed by atoms with Gasteiger partial charge < -0.3 is 10.1 Å². The Kier molecular flexibility index (Phi) is 4.13. The van der Waals surface area contributed by atoms with Gasteiger partial charge in [0.05, 0.1) is 6.10 Å². The SMILES string of the molecule is CCOC1CC(NC(C)c2ccc(F)cc2)C1. The molecule has 0 saturated heterocycles. The molecule has 0 heterocycles. The Morgan fingerprint density at radius 1 is 1.35 bits per heavy atom. The normalized spacial score (nSPS) is 25.4. The molecule has 94 valence electrons. The zero-order chi connectivity index (χ0) is 12.3. The van der Waals surface area contributed by atoms with Crippen LogP contribution >= 0.6 is 0 Å². The summed E-state index contributed by atoms with van der Waals surface area (Å²) in [4.78, 5) is 0. The molecule has 1 aliphatic rings.